The van der Waals surface area contributed by atoms with Crippen LogP contribution >= 0.6 is 0 Å². The first-order valence-corrected chi connectivity index (χ1v) is 43.9. The van der Waals surface area contributed by atoms with Gasteiger partial charge in [0, 0.05) is 115 Å². The summed E-state index contributed by atoms with van der Waals surface area (Å²) in [5.41, 5.74) is 10.8. The average Bonchev–Trinajstić information content (AvgIpc) is 1.69. The van der Waals surface area contributed by atoms with E-state index in [2.05, 4.69) is 72.5 Å². The lowest BCUT2D eigenvalue weighted by molar-refractivity contribution is -0.154. The number of aromatic amines is 3. The molecule has 0 unspecified atom stereocenters. The number of esters is 2. The fourth-order valence-corrected chi connectivity index (χ4v) is 16.7. The number of likely N-dealkylation sites (tertiary alicyclic amines) is 2. The molecule has 3 fully saturated rings. The third-order valence-electron chi connectivity index (χ3n) is 23.5. The number of phenolic OH excluding ortho intramolecular Hbond substituents is 6. The van der Waals surface area contributed by atoms with Crippen LogP contribution in [0, 0.1) is 17.8 Å². The molecule has 12 aromatic rings. The van der Waals surface area contributed by atoms with E-state index in [1.165, 1.54) is 44.7 Å². The minimum absolute atomic E-state index is 0.000409. The number of fused-ring (bicyclic) bond motifs is 3. The fraction of sp³-hybridized carbons (Fsp3) is 0.436. The van der Waals surface area contributed by atoms with Crippen molar-refractivity contribution in [3.63, 3.8) is 0 Å². The van der Waals surface area contributed by atoms with Crippen LogP contribution < -0.4 is 38.8 Å². The molecule has 0 radical (unpaired) electrons. The maximum Gasteiger partial charge on any atom is 0.348 e. The van der Waals surface area contributed by atoms with Crippen LogP contribution in [0.2, 0.25) is 0 Å². The second kappa shape index (κ2) is 41.0. The molecular weight excluding hydrogens is 1650 g/mol. The van der Waals surface area contributed by atoms with E-state index in [1.54, 1.807) is 69.5 Å². The van der Waals surface area contributed by atoms with E-state index in [9.17, 15) is 69.0 Å². The highest BCUT2D eigenvalue weighted by Crippen LogP contribution is 2.42. The molecule has 35 heteroatoms. The number of hydrogen-bond acceptors (Lipinski definition) is 21. The molecule has 3 aliphatic heterocycles. The molecule has 3 saturated heterocycles. The van der Waals surface area contributed by atoms with E-state index in [0.29, 0.717) is 94.3 Å². The van der Waals surface area contributed by atoms with Crippen molar-refractivity contribution in [3.05, 3.63) is 176 Å². The number of urea groups is 2. The summed E-state index contributed by atoms with van der Waals surface area (Å²) < 4.78 is 21.0. The van der Waals surface area contributed by atoms with Crippen molar-refractivity contribution >= 4 is 62.7 Å². The van der Waals surface area contributed by atoms with Gasteiger partial charge in [0.05, 0.1) is 40.3 Å². The Morgan fingerprint density at radius 1 is 0.434 bits per heavy atom. The van der Waals surface area contributed by atoms with Crippen LogP contribution in [-0.2, 0) is 43.5 Å². The Morgan fingerprint density at radius 2 is 0.744 bits per heavy atom. The number of amides is 4. The fourth-order valence-electron chi connectivity index (χ4n) is 16.7. The van der Waals surface area contributed by atoms with Crippen LogP contribution in [0.15, 0.2) is 142 Å². The number of nitrogens with zero attached hydrogens (tertiary/aromatic N) is 11. The molecular formula is C94H120N18O17. The number of nitrogens with one attached hydrogen (secondary N) is 6. The van der Waals surface area contributed by atoms with Gasteiger partial charge in [-0.25, -0.2) is 53.0 Å². The van der Waals surface area contributed by atoms with E-state index in [4.69, 9.17) is 20.3 Å². The average molecular weight is 1770 g/mol. The van der Waals surface area contributed by atoms with E-state index < -0.39 is 40.2 Å². The first kappa shape index (κ1) is 94.6. The number of rotatable bonds is 23. The van der Waals surface area contributed by atoms with Crippen LogP contribution in [0.3, 0.4) is 0 Å². The number of ether oxygens (including phenoxy) is 2. The van der Waals surface area contributed by atoms with Gasteiger partial charge < -0.3 is 90.4 Å². The van der Waals surface area contributed by atoms with Crippen molar-refractivity contribution in [1.82, 2.24) is 83.7 Å². The summed E-state index contributed by atoms with van der Waals surface area (Å²) in [4.78, 5) is 99.5. The highest BCUT2D eigenvalue weighted by Gasteiger charge is 2.30. The number of carbonyl (C=O) groups excluding carboxylic acids is 4. The first-order valence-electron chi connectivity index (χ1n) is 43.9. The van der Waals surface area contributed by atoms with Gasteiger partial charge in [-0.15, -0.1) is 0 Å². The maximum absolute atomic E-state index is 12.9. The number of carboxylic acids is 1. The standard InChI is InChI=1S/C33H42N6O6.C29H34N6O6.C26H31N5O3.C6H13NO2/c1-20(2)24-17-25(28(41)18-27(24)40)30-35-36-32(44)39(30)23-6-7-26-22(16-23)11-15-37(26)12-8-21-9-13-38(14-10-21)31(43)34-19-29(42)45-33(3,4)5;1-17(2)21-14-22(25(37)15-24(21)36)27-31-32-29(41)35(27)20-3-4-23-19(13-20)8-12-33(23)9-5-18-6-10-34(11-7-18)28(40)30-16-26(38)39;1-16(2)20-14-21(24(33)15-23(20)32)25-28-29-26(34)31(25)19-3-4-22-18(13-19)8-12-30(22)11-7-17-5-9-27-10-6-17;1-6(2,3)9-5(8)4-7/h6-7,11,15-18,20-21,40-41H,8-10,12-14,19H2,1-5H3,(H,34,43)(H,36,44);3-4,8,12-15,17-18,36-37H,5-7,9-11,16H2,1-2H3,(H,30,40)(H,32,41)(H,38,39);3-4,8,12-17,27,32-33H,5-7,9-11H2,1-2H3,(H,29,34);4,7H2,1-3H3. The summed E-state index contributed by atoms with van der Waals surface area (Å²) in [7, 11) is 0. The maximum atomic E-state index is 12.9. The second-order valence-electron chi connectivity index (χ2n) is 36.1. The largest absolute Gasteiger partial charge is 0.508 e. The molecule has 0 spiro atoms. The highest BCUT2D eigenvalue weighted by molar-refractivity contribution is 5.86. The van der Waals surface area contributed by atoms with Crippen molar-refractivity contribution in [2.24, 2.45) is 23.5 Å². The quantitative estimate of drug-likeness (QED) is 0.0264. The number of nitrogens with two attached hydrogens (primary N) is 1. The number of H-pyrrole nitrogens is 3. The number of benzene rings is 6. The number of aromatic nitrogens is 12. The number of aliphatic carboxylic acids is 1. The van der Waals surface area contributed by atoms with Gasteiger partial charge >= 0.3 is 47.0 Å². The Kier molecular flexibility index (Phi) is 30.1. The summed E-state index contributed by atoms with van der Waals surface area (Å²) >= 11 is 0. The van der Waals surface area contributed by atoms with Crippen LogP contribution in [0.1, 0.15) is 175 Å². The lowest BCUT2D eigenvalue weighted by Crippen LogP contribution is -2.46. The molecule has 15 N–H and O–H groups in total. The Labute approximate surface area is 745 Å². The van der Waals surface area contributed by atoms with Crippen LogP contribution in [0.25, 0.3) is 83.9 Å². The molecule has 0 bridgehead atoms. The minimum atomic E-state index is -1.06. The number of aryl methyl sites for hydroxylation is 3. The van der Waals surface area contributed by atoms with Crippen molar-refractivity contribution < 1.29 is 69.2 Å². The van der Waals surface area contributed by atoms with Gasteiger partial charge in [0.15, 0.2) is 17.5 Å². The predicted octanol–water partition coefficient (Wildman–Crippen LogP) is 12.9. The zero-order chi connectivity index (χ0) is 93.0. The van der Waals surface area contributed by atoms with E-state index in [-0.39, 0.29) is 102 Å². The molecule has 688 valence electrons. The first-order chi connectivity index (χ1) is 61.3. The molecule has 0 saturated carbocycles. The van der Waals surface area contributed by atoms with Crippen LogP contribution in [-0.4, -0.2) is 204 Å². The van der Waals surface area contributed by atoms with Gasteiger partial charge in [0.25, 0.3) is 0 Å². The van der Waals surface area contributed by atoms with Gasteiger partial charge in [0.2, 0.25) is 0 Å². The van der Waals surface area contributed by atoms with E-state index in [0.717, 1.165) is 116 Å². The Morgan fingerprint density at radius 3 is 1.04 bits per heavy atom. The molecule has 0 atom stereocenters. The monoisotopic (exact) mass is 1770 g/mol. The smallest absolute Gasteiger partial charge is 0.348 e. The topological polar surface area (TPSA) is 481 Å². The Balaban J connectivity index is 0.000000168. The van der Waals surface area contributed by atoms with Gasteiger partial charge in [-0.2, -0.15) is 15.3 Å². The van der Waals surface area contributed by atoms with Crippen LogP contribution in [0.4, 0.5) is 9.59 Å². The third kappa shape index (κ3) is 23.4. The number of carboxylic acid groups (broad SMARTS) is 1. The number of hydrogen-bond donors (Lipinski definition) is 14. The highest BCUT2D eigenvalue weighted by atomic mass is 16.6. The van der Waals surface area contributed by atoms with Gasteiger partial charge in [-0.3, -0.25) is 14.4 Å². The molecule has 35 nitrogen and oxygen atoms in total. The number of aromatic hydroxyl groups is 6. The van der Waals surface area contributed by atoms with E-state index >= 15 is 0 Å². The number of piperidine rings is 3. The molecule has 3 aliphatic rings. The molecule has 129 heavy (non-hydrogen) atoms. The molecule has 6 aromatic heterocycles. The molecule has 0 aliphatic carbocycles. The summed E-state index contributed by atoms with van der Waals surface area (Å²) in [6, 6.07) is 31.7. The lowest BCUT2D eigenvalue weighted by atomic mass is 9.93. The Hall–Kier alpha value is -13.6. The van der Waals surface area contributed by atoms with Crippen LogP contribution in [0.5, 0.6) is 34.5 Å². The van der Waals surface area contributed by atoms with E-state index in [1.807, 2.05) is 121 Å². The summed E-state index contributed by atoms with van der Waals surface area (Å²) in [5, 5.41) is 103. The van der Waals surface area contributed by atoms with Crippen molar-refractivity contribution in [2.45, 2.75) is 189 Å². The number of carbonyl (C=O) groups is 5. The summed E-state index contributed by atoms with van der Waals surface area (Å²) in [6.45, 7) is 29.1. The van der Waals surface area contributed by atoms with Crippen molar-refractivity contribution in [3.8, 4) is 85.7 Å². The van der Waals surface area contributed by atoms with Crippen molar-refractivity contribution in [2.75, 3.05) is 58.9 Å². The minimum Gasteiger partial charge on any atom is -0.508 e. The zero-order valence-electron chi connectivity index (χ0n) is 75.1. The van der Waals surface area contributed by atoms with Crippen molar-refractivity contribution in [1.29, 1.82) is 0 Å². The molecule has 6 aromatic carbocycles. The molecule has 9 heterocycles. The Bertz CT molecular complexity index is 6180. The number of phenols is 6. The zero-order valence-corrected chi connectivity index (χ0v) is 75.1. The molecule has 15 rings (SSSR count). The third-order valence-corrected chi connectivity index (χ3v) is 23.5. The van der Waals surface area contributed by atoms with Gasteiger partial charge in [-0.1, -0.05) is 41.5 Å². The molecule has 4 amide bonds. The summed E-state index contributed by atoms with van der Waals surface area (Å²) in [6.07, 6.45) is 15.2. The van der Waals surface area contributed by atoms with Gasteiger partial charge in [-0.05, 0) is 256 Å². The SMILES string of the molecule is CC(C)(C)OC(=O)CN.CC(C)c1cc(-c2n[nH]c(=O)n2-c2ccc3c(ccn3CCC3CCN(C(=O)NCC(=O)O)CC3)c2)c(O)cc1O.CC(C)c1cc(-c2n[nH]c(=O)n2-c2ccc3c(ccn3CCC3CCN(C(=O)NCC(=O)OC(C)(C)C)CC3)c2)c(O)cc1O.CC(C)c1cc(-c2n[nH]c(=O)n2-c2ccc3c(ccn3CCC3CCNCC3)c2)c(O)cc1O. The predicted molar refractivity (Wildman–Crippen MR) is 491 cm³/mol. The second-order valence-corrected chi connectivity index (χ2v) is 36.1. The lowest BCUT2D eigenvalue weighted by Gasteiger charge is -2.32. The summed E-state index contributed by atoms with van der Waals surface area (Å²) in [5.74, 6) is 0.178. The van der Waals surface area contributed by atoms with Gasteiger partial charge in [0.1, 0.15) is 58.8 Å². The normalized spacial score (nSPS) is 14.2.